The van der Waals surface area contributed by atoms with E-state index < -0.39 is 0 Å². The van der Waals surface area contributed by atoms with E-state index in [1.54, 1.807) is 6.92 Å². The highest BCUT2D eigenvalue weighted by Gasteiger charge is 2.13. The Morgan fingerprint density at radius 3 is 2.76 bits per heavy atom. The molecule has 0 aliphatic rings. The zero-order valence-electron chi connectivity index (χ0n) is 9.26. The maximum absolute atomic E-state index is 10.9. The van der Waals surface area contributed by atoms with E-state index in [-0.39, 0.29) is 5.28 Å². The lowest BCUT2D eigenvalue weighted by Gasteiger charge is -2.08. The minimum absolute atomic E-state index is 0.153. The number of carbonyl (C=O) groups excluding carboxylic acids is 1. The number of hydrogen-bond acceptors (Lipinski definition) is 3. The SMILES string of the molecule is Cc1nc(Cl)n(OCc2ccccc2)c1C=O. The molecule has 0 atom stereocenters. The van der Waals surface area contributed by atoms with Crippen molar-refractivity contribution in [2.75, 3.05) is 0 Å². The van der Waals surface area contributed by atoms with Gasteiger partial charge in [0.05, 0.1) is 5.69 Å². The van der Waals surface area contributed by atoms with Gasteiger partial charge in [-0.3, -0.25) is 4.79 Å². The zero-order valence-corrected chi connectivity index (χ0v) is 10.0. The minimum atomic E-state index is 0.153. The lowest BCUT2D eigenvalue weighted by atomic mass is 10.2. The molecule has 5 heteroatoms. The molecule has 0 spiro atoms. The monoisotopic (exact) mass is 250 g/mol. The maximum Gasteiger partial charge on any atom is 0.237 e. The van der Waals surface area contributed by atoms with E-state index in [2.05, 4.69) is 4.98 Å². The Balaban J connectivity index is 2.17. The van der Waals surface area contributed by atoms with Gasteiger partial charge < -0.3 is 4.84 Å². The van der Waals surface area contributed by atoms with E-state index in [0.29, 0.717) is 24.3 Å². The number of benzene rings is 1. The fourth-order valence-corrected chi connectivity index (χ4v) is 1.72. The molecule has 0 aliphatic heterocycles. The first kappa shape index (κ1) is 11.7. The van der Waals surface area contributed by atoms with Crippen molar-refractivity contribution in [2.24, 2.45) is 0 Å². The molecular weight excluding hydrogens is 240 g/mol. The van der Waals surface area contributed by atoms with Gasteiger partial charge in [-0.05, 0) is 24.1 Å². The molecule has 2 rings (SSSR count). The van der Waals surface area contributed by atoms with Gasteiger partial charge in [0.2, 0.25) is 5.28 Å². The number of nitrogens with zero attached hydrogens (tertiary/aromatic N) is 2. The lowest BCUT2D eigenvalue weighted by Crippen LogP contribution is -2.14. The summed E-state index contributed by atoms with van der Waals surface area (Å²) in [6.45, 7) is 2.04. The molecule has 17 heavy (non-hydrogen) atoms. The molecule has 1 aromatic heterocycles. The predicted molar refractivity (Wildman–Crippen MR) is 64.1 cm³/mol. The summed E-state index contributed by atoms with van der Waals surface area (Å²) in [4.78, 5) is 20.3. The van der Waals surface area contributed by atoms with Crippen LogP contribution in [0.1, 0.15) is 21.7 Å². The second-order valence-corrected chi connectivity index (χ2v) is 3.86. The highest BCUT2D eigenvalue weighted by Crippen LogP contribution is 2.13. The summed E-state index contributed by atoms with van der Waals surface area (Å²) in [7, 11) is 0. The first-order chi connectivity index (χ1) is 8.22. The van der Waals surface area contributed by atoms with Gasteiger partial charge in [-0.15, -0.1) is 4.73 Å². The van der Waals surface area contributed by atoms with Crippen LogP contribution in [0.3, 0.4) is 0 Å². The molecule has 0 N–H and O–H groups in total. The van der Waals surface area contributed by atoms with Crippen molar-refractivity contribution in [1.82, 2.24) is 9.71 Å². The van der Waals surface area contributed by atoms with Crippen LogP contribution in [0.15, 0.2) is 30.3 Å². The van der Waals surface area contributed by atoms with Crippen molar-refractivity contribution in [2.45, 2.75) is 13.5 Å². The van der Waals surface area contributed by atoms with E-state index in [0.717, 1.165) is 5.56 Å². The first-order valence-electron chi connectivity index (χ1n) is 5.09. The predicted octanol–water partition coefficient (Wildman–Crippen LogP) is 2.29. The zero-order chi connectivity index (χ0) is 12.3. The average molecular weight is 251 g/mol. The molecule has 0 bridgehead atoms. The van der Waals surface area contributed by atoms with Crippen LogP contribution in [0.5, 0.6) is 0 Å². The van der Waals surface area contributed by atoms with E-state index in [1.807, 2.05) is 30.3 Å². The Hall–Kier alpha value is -1.81. The molecule has 2 aromatic rings. The lowest BCUT2D eigenvalue weighted by molar-refractivity contribution is 0.0855. The molecule has 0 radical (unpaired) electrons. The van der Waals surface area contributed by atoms with Crippen LogP contribution in [-0.4, -0.2) is 16.0 Å². The number of aryl methyl sites for hydroxylation is 1. The summed E-state index contributed by atoms with van der Waals surface area (Å²) in [5.74, 6) is 0. The second-order valence-electron chi connectivity index (χ2n) is 3.52. The minimum Gasteiger partial charge on any atom is -0.406 e. The molecule has 1 heterocycles. The first-order valence-corrected chi connectivity index (χ1v) is 5.47. The number of carbonyl (C=O) groups is 1. The number of aldehydes is 1. The smallest absolute Gasteiger partial charge is 0.237 e. The molecule has 0 saturated heterocycles. The standard InChI is InChI=1S/C12H11ClN2O2/c1-9-11(7-16)15(12(13)14-9)17-8-10-5-3-2-4-6-10/h2-7H,8H2,1H3. The molecule has 0 fully saturated rings. The Bertz CT molecular complexity index is 523. The molecule has 0 aliphatic carbocycles. The number of halogens is 1. The van der Waals surface area contributed by atoms with E-state index in [4.69, 9.17) is 16.4 Å². The molecule has 1 aromatic carbocycles. The summed E-state index contributed by atoms with van der Waals surface area (Å²) in [5.41, 5.74) is 1.88. The van der Waals surface area contributed by atoms with Gasteiger partial charge in [0, 0.05) is 0 Å². The summed E-state index contributed by atoms with van der Waals surface area (Å²) >= 11 is 5.86. The van der Waals surface area contributed by atoms with Crippen molar-refractivity contribution in [1.29, 1.82) is 0 Å². The molecule has 88 valence electrons. The Morgan fingerprint density at radius 2 is 2.12 bits per heavy atom. The summed E-state index contributed by atoms with van der Waals surface area (Å²) in [5, 5.41) is 0.153. The van der Waals surface area contributed by atoms with Crippen molar-refractivity contribution < 1.29 is 9.63 Å². The number of imidazole rings is 1. The van der Waals surface area contributed by atoms with Crippen LogP contribution in [0, 0.1) is 6.92 Å². The number of aromatic nitrogens is 2. The quantitative estimate of drug-likeness (QED) is 0.782. The highest BCUT2D eigenvalue weighted by molar-refractivity contribution is 6.28. The summed E-state index contributed by atoms with van der Waals surface area (Å²) in [6.07, 6.45) is 0.680. The van der Waals surface area contributed by atoms with Crippen molar-refractivity contribution in [3.63, 3.8) is 0 Å². The number of rotatable bonds is 4. The summed E-state index contributed by atoms with van der Waals surface area (Å²) in [6, 6.07) is 9.62. The van der Waals surface area contributed by atoms with Crippen LogP contribution in [0.25, 0.3) is 0 Å². The molecule has 0 amide bonds. The average Bonchev–Trinajstić information content (AvgIpc) is 2.62. The third-order valence-electron chi connectivity index (χ3n) is 2.33. The third-order valence-corrected chi connectivity index (χ3v) is 2.57. The number of hydrogen-bond donors (Lipinski definition) is 0. The molecule has 0 unspecified atom stereocenters. The van der Waals surface area contributed by atoms with Crippen molar-refractivity contribution in [3.05, 3.63) is 52.6 Å². The maximum atomic E-state index is 10.9. The fourth-order valence-electron chi connectivity index (χ4n) is 1.46. The van der Waals surface area contributed by atoms with Gasteiger partial charge in [-0.2, -0.15) is 0 Å². The van der Waals surface area contributed by atoms with Crippen LogP contribution >= 0.6 is 11.6 Å². The largest absolute Gasteiger partial charge is 0.406 e. The molecule has 0 saturated carbocycles. The molecular formula is C12H11ClN2O2. The van der Waals surface area contributed by atoms with Crippen LogP contribution in [0.2, 0.25) is 5.28 Å². The Labute approximate surface area is 104 Å². The third kappa shape index (κ3) is 2.47. The van der Waals surface area contributed by atoms with Gasteiger partial charge in [0.1, 0.15) is 12.3 Å². The van der Waals surface area contributed by atoms with Crippen LogP contribution in [0.4, 0.5) is 0 Å². The highest BCUT2D eigenvalue weighted by atomic mass is 35.5. The topological polar surface area (TPSA) is 44.1 Å². The van der Waals surface area contributed by atoms with Gasteiger partial charge in [-0.25, -0.2) is 4.98 Å². The van der Waals surface area contributed by atoms with Crippen molar-refractivity contribution in [3.8, 4) is 0 Å². The van der Waals surface area contributed by atoms with E-state index >= 15 is 0 Å². The van der Waals surface area contributed by atoms with Gasteiger partial charge >= 0.3 is 0 Å². The second kappa shape index (κ2) is 5.01. The van der Waals surface area contributed by atoms with E-state index in [9.17, 15) is 4.79 Å². The fraction of sp³-hybridized carbons (Fsp3) is 0.167. The van der Waals surface area contributed by atoms with Gasteiger partial charge in [0.25, 0.3) is 0 Å². The van der Waals surface area contributed by atoms with Crippen LogP contribution in [-0.2, 0) is 6.61 Å². The van der Waals surface area contributed by atoms with Gasteiger partial charge in [0.15, 0.2) is 6.29 Å². The van der Waals surface area contributed by atoms with Crippen molar-refractivity contribution >= 4 is 17.9 Å². The normalized spacial score (nSPS) is 10.2. The molecule has 4 nitrogen and oxygen atoms in total. The Morgan fingerprint density at radius 1 is 1.41 bits per heavy atom. The van der Waals surface area contributed by atoms with Gasteiger partial charge in [-0.1, -0.05) is 30.3 Å². The Kier molecular flexibility index (Phi) is 3.44. The van der Waals surface area contributed by atoms with Crippen LogP contribution < -0.4 is 4.84 Å². The summed E-state index contributed by atoms with van der Waals surface area (Å²) < 4.78 is 1.25. The van der Waals surface area contributed by atoms with E-state index in [1.165, 1.54) is 4.73 Å².